The van der Waals surface area contributed by atoms with Gasteiger partial charge in [-0.05, 0) is 41.5 Å². The van der Waals surface area contributed by atoms with Gasteiger partial charge in [-0.1, -0.05) is 48.5 Å². The first-order valence-electron chi connectivity index (χ1n) is 11.1. The minimum absolute atomic E-state index is 0.0909. The van der Waals surface area contributed by atoms with Crippen molar-refractivity contribution in [3.05, 3.63) is 96.2 Å². The Bertz CT molecular complexity index is 1370. The number of nitrogens with one attached hydrogen (secondary N) is 1. The molecule has 0 aliphatic rings. The molecule has 0 aliphatic carbocycles. The third-order valence-electron chi connectivity index (χ3n) is 5.50. The summed E-state index contributed by atoms with van der Waals surface area (Å²) in [7, 11) is 1.63. The van der Waals surface area contributed by atoms with Crippen LogP contribution in [0.25, 0.3) is 22.4 Å². The molecular formula is C28H27N5O2. The van der Waals surface area contributed by atoms with Crippen molar-refractivity contribution in [1.29, 1.82) is 0 Å². The number of nitrogens with zero attached hydrogens (tertiary/aromatic N) is 2. The molecule has 176 valence electrons. The van der Waals surface area contributed by atoms with Crippen LogP contribution >= 0.6 is 0 Å². The van der Waals surface area contributed by atoms with E-state index in [1.165, 1.54) is 6.92 Å². The van der Waals surface area contributed by atoms with Gasteiger partial charge in [-0.25, -0.2) is 0 Å². The summed E-state index contributed by atoms with van der Waals surface area (Å²) in [6.07, 6.45) is 1.76. The van der Waals surface area contributed by atoms with Gasteiger partial charge in [0.05, 0.1) is 16.9 Å². The molecule has 1 aromatic heterocycles. The Morgan fingerprint density at radius 1 is 0.971 bits per heavy atom. The van der Waals surface area contributed by atoms with Crippen molar-refractivity contribution in [3.63, 3.8) is 0 Å². The van der Waals surface area contributed by atoms with Gasteiger partial charge in [0.15, 0.2) is 0 Å². The number of benzene rings is 3. The van der Waals surface area contributed by atoms with E-state index in [1.54, 1.807) is 13.2 Å². The van der Waals surface area contributed by atoms with E-state index in [9.17, 15) is 4.79 Å². The van der Waals surface area contributed by atoms with Crippen LogP contribution in [0.2, 0.25) is 0 Å². The third-order valence-corrected chi connectivity index (χ3v) is 5.50. The van der Waals surface area contributed by atoms with Crippen molar-refractivity contribution >= 4 is 17.4 Å². The van der Waals surface area contributed by atoms with E-state index >= 15 is 0 Å². The summed E-state index contributed by atoms with van der Waals surface area (Å²) in [5, 5.41) is 2.80. The second-order valence-electron chi connectivity index (χ2n) is 7.97. The molecule has 0 spiro atoms. The minimum Gasteiger partial charge on any atom is -0.457 e. The topological polar surface area (TPSA) is 116 Å². The standard InChI is InChI=1S/C28H27N5O2/c1-18(34)32-16-19-7-6-8-21(15-19)27-26(29)25(28(30)31-2)24(17-33-27)20-11-13-23(14-12-20)35-22-9-4-3-5-10-22/h3-15,17H,16,29H2,1-2H3,(H2,30,31)(H,32,34). The van der Waals surface area contributed by atoms with Crippen molar-refractivity contribution in [2.45, 2.75) is 13.5 Å². The number of carbonyl (C=O) groups excluding carboxylic acids is 1. The molecule has 0 atom stereocenters. The van der Waals surface area contributed by atoms with Crippen LogP contribution in [0.3, 0.4) is 0 Å². The fourth-order valence-electron chi connectivity index (χ4n) is 3.75. The summed E-state index contributed by atoms with van der Waals surface area (Å²) >= 11 is 0. The van der Waals surface area contributed by atoms with Gasteiger partial charge in [0, 0.05) is 37.8 Å². The Morgan fingerprint density at radius 2 is 1.69 bits per heavy atom. The Balaban J connectivity index is 1.70. The Kier molecular flexibility index (Phi) is 7.07. The number of nitrogens with two attached hydrogens (primary N) is 2. The summed E-state index contributed by atoms with van der Waals surface area (Å²) in [5.41, 5.74) is 18.0. The molecule has 7 heteroatoms. The zero-order chi connectivity index (χ0) is 24.8. The van der Waals surface area contributed by atoms with Crippen LogP contribution in [-0.4, -0.2) is 23.8 Å². The monoisotopic (exact) mass is 465 g/mol. The van der Waals surface area contributed by atoms with Gasteiger partial charge in [-0.15, -0.1) is 0 Å². The average Bonchev–Trinajstić information content (AvgIpc) is 2.88. The SMILES string of the molecule is C/N=C(/N)c1c(-c2ccc(Oc3ccccc3)cc2)cnc(-c2cccc(CNC(C)=O)c2)c1N. The fourth-order valence-corrected chi connectivity index (χ4v) is 3.75. The number of ether oxygens (including phenoxy) is 1. The van der Waals surface area contributed by atoms with Crippen LogP contribution in [0.4, 0.5) is 5.69 Å². The molecule has 1 amide bonds. The number of amides is 1. The Labute approximate surface area is 204 Å². The van der Waals surface area contributed by atoms with Gasteiger partial charge in [-0.2, -0.15) is 0 Å². The fraction of sp³-hybridized carbons (Fsp3) is 0.107. The molecule has 0 bridgehead atoms. The van der Waals surface area contributed by atoms with Crippen LogP contribution in [0.1, 0.15) is 18.1 Å². The van der Waals surface area contributed by atoms with Crippen LogP contribution in [0.5, 0.6) is 11.5 Å². The van der Waals surface area contributed by atoms with Crippen molar-refractivity contribution in [3.8, 4) is 33.9 Å². The van der Waals surface area contributed by atoms with Crippen LogP contribution in [0.15, 0.2) is 90.1 Å². The summed E-state index contributed by atoms with van der Waals surface area (Å²) < 4.78 is 5.90. The zero-order valence-electron chi connectivity index (χ0n) is 19.7. The van der Waals surface area contributed by atoms with E-state index < -0.39 is 0 Å². The molecule has 0 aliphatic heterocycles. The lowest BCUT2D eigenvalue weighted by molar-refractivity contribution is -0.119. The zero-order valence-corrected chi connectivity index (χ0v) is 19.7. The largest absolute Gasteiger partial charge is 0.457 e. The maximum absolute atomic E-state index is 11.3. The predicted molar refractivity (Wildman–Crippen MR) is 140 cm³/mol. The van der Waals surface area contributed by atoms with Gasteiger partial charge in [0.2, 0.25) is 5.91 Å². The number of amidine groups is 1. The number of pyridine rings is 1. The maximum atomic E-state index is 11.3. The lowest BCUT2D eigenvalue weighted by Gasteiger charge is -2.16. The quantitative estimate of drug-likeness (QED) is 0.269. The molecule has 0 fully saturated rings. The molecular weight excluding hydrogens is 438 g/mol. The van der Waals surface area contributed by atoms with Gasteiger partial charge < -0.3 is 21.5 Å². The highest BCUT2D eigenvalue weighted by Crippen LogP contribution is 2.35. The highest BCUT2D eigenvalue weighted by molar-refractivity contribution is 6.09. The number of rotatable bonds is 7. The average molecular weight is 466 g/mol. The number of aliphatic imine (C=N–C) groups is 1. The molecule has 0 saturated carbocycles. The molecule has 4 rings (SSSR count). The number of aromatic nitrogens is 1. The van der Waals surface area contributed by atoms with E-state index in [2.05, 4.69) is 15.3 Å². The first-order chi connectivity index (χ1) is 17.0. The highest BCUT2D eigenvalue weighted by Gasteiger charge is 2.18. The Morgan fingerprint density at radius 3 is 2.37 bits per heavy atom. The lowest BCUT2D eigenvalue weighted by atomic mass is 9.96. The van der Waals surface area contributed by atoms with E-state index in [-0.39, 0.29) is 5.91 Å². The first kappa shape index (κ1) is 23.5. The van der Waals surface area contributed by atoms with Gasteiger partial charge in [0.25, 0.3) is 0 Å². The van der Waals surface area contributed by atoms with Crippen LogP contribution in [0, 0.1) is 0 Å². The third kappa shape index (κ3) is 5.47. The first-order valence-corrected chi connectivity index (χ1v) is 11.1. The number of nitrogen functional groups attached to an aromatic ring is 1. The summed E-state index contributed by atoms with van der Waals surface area (Å²) in [5.74, 6) is 1.71. The second-order valence-corrected chi connectivity index (χ2v) is 7.97. The van der Waals surface area contributed by atoms with Crippen molar-refractivity contribution in [2.24, 2.45) is 10.7 Å². The number of anilines is 1. The van der Waals surface area contributed by atoms with Gasteiger partial charge >= 0.3 is 0 Å². The minimum atomic E-state index is -0.0909. The van der Waals surface area contributed by atoms with E-state index in [0.717, 1.165) is 28.0 Å². The molecule has 5 N–H and O–H groups in total. The molecule has 7 nitrogen and oxygen atoms in total. The molecule has 35 heavy (non-hydrogen) atoms. The Hall–Kier alpha value is -4.65. The number of hydrogen-bond acceptors (Lipinski definition) is 5. The summed E-state index contributed by atoms with van der Waals surface area (Å²) in [6.45, 7) is 1.91. The number of carbonyl (C=O) groups is 1. The molecule has 1 heterocycles. The number of hydrogen-bond donors (Lipinski definition) is 3. The van der Waals surface area contributed by atoms with E-state index in [0.29, 0.717) is 35.1 Å². The van der Waals surface area contributed by atoms with Crippen molar-refractivity contribution < 1.29 is 9.53 Å². The molecule has 0 saturated heterocycles. The van der Waals surface area contributed by atoms with E-state index in [4.69, 9.17) is 16.2 Å². The smallest absolute Gasteiger partial charge is 0.217 e. The molecule has 0 radical (unpaired) electrons. The lowest BCUT2D eigenvalue weighted by Crippen LogP contribution is -2.19. The predicted octanol–water partition coefficient (Wildman–Crippen LogP) is 4.76. The van der Waals surface area contributed by atoms with Crippen molar-refractivity contribution in [1.82, 2.24) is 10.3 Å². The normalized spacial score (nSPS) is 11.2. The molecule has 3 aromatic carbocycles. The van der Waals surface area contributed by atoms with Crippen molar-refractivity contribution in [2.75, 3.05) is 12.8 Å². The molecule has 0 unspecified atom stereocenters. The van der Waals surface area contributed by atoms with Crippen LogP contribution in [-0.2, 0) is 11.3 Å². The summed E-state index contributed by atoms with van der Waals surface area (Å²) in [6, 6.07) is 25.0. The van der Waals surface area contributed by atoms with E-state index in [1.807, 2.05) is 78.9 Å². The maximum Gasteiger partial charge on any atom is 0.217 e. The highest BCUT2D eigenvalue weighted by atomic mass is 16.5. The van der Waals surface area contributed by atoms with Gasteiger partial charge in [0.1, 0.15) is 17.3 Å². The van der Waals surface area contributed by atoms with Gasteiger partial charge in [-0.3, -0.25) is 14.8 Å². The summed E-state index contributed by atoms with van der Waals surface area (Å²) in [4.78, 5) is 20.2. The molecule has 4 aromatic rings. The number of para-hydroxylation sites is 1. The second kappa shape index (κ2) is 10.5. The van der Waals surface area contributed by atoms with Crippen LogP contribution < -0.4 is 21.5 Å².